The summed E-state index contributed by atoms with van der Waals surface area (Å²) in [4.78, 5) is 34.8. The molecule has 1 amide bonds. The zero-order valence-electron chi connectivity index (χ0n) is 16.3. The molecule has 4 heterocycles. The Morgan fingerprint density at radius 2 is 1.93 bits per heavy atom. The molecular weight excluding hydrogens is 352 g/mol. The normalized spacial score (nSPS) is 25.6. The molecule has 148 valence electrons. The number of para-hydroxylation sites is 1. The van der Waals surface area contributed by atoms with Crippen LogP contribution in [0.15, 0.2) is 35.4 Å². The van der Waals surface area contributed by atoms with Gasteiger partial charge in [0.1, 0.15) is 6.54 Å². The highest BCUT2D eigenvalue weighted by Crippen LogP contribution is 2.33. The van der Waals surface area contributed by atoms with Crippen LogP contribution in [0.4, 0.5) is 0 Å². The minimum atomic E-state index is -0.136. The van der Waals surface area contributed by atoms with Crippen molar-refractivity contribution in [2.75, 3.05) is 26.2 Å². The molecule has 1 aliphatic carbocycles. The van der Waals surface area contributed by atoms with Crippen molar-refractivity contribution in [3.63, 3.8) is 0 Å². The topological polar surface area (TPSA) is 58.4 Å². The average Bonchev–Trinajstić information content (AvgIpc) is 2.99. The Morgan fingerprint density at radius 1 is 1.07 bits per heavy atom. The van der Waals surface area contributed by atoms with Gasteiger partial charge in [0.15, 0.2) is 0 Å². The number of fused-ring (bicyclic) bond motifs is 5. The van der Waals surface area contributed by atoms with Crippen molar-refractivity contribution in [3.8, 4) is 0 Å². The lowest BCUT2D eigenvalue weighted by atomic mass is 9.83. The van der Waals surface area contributed by atoms with Gasteiger partial charge in [0, 0.05) is 32.2 Å². The van der Waals surface area contributed by atoms with Gasteiger partial charge in [0.05, 0.1) is 17.2 Å². The van der Waals surface area contributed by atoms with Crippen molar-refractivity contribution < 1.29 is 4.79 Å². The summed E-state index contributed by atoms with van der Waals surface area (Å²) in [5.41, 5.74) is 0.541. The number of rotatable bonds is 4. The Morgan fingerprint density at radius 3 is 2.75 bits per heavy atom. The summed E-state index contributed by atoms with van der Waals surface area (Å²) in [7, 11) is 0. The molecule has 28 heavy (non-hydrogen) atoms. The molecule has 1 aromatic heterocycles. The zero-order valence-corrected chi connectivity index (χ0v) is 16.3. The largest absolute Gasteiger partial charge is 0.339 e. The first-order valence-corrected chi connectivity index (χ1v) is 10.6. The van der Waals surface area contributed by atoms with E-state index in [9.17, 15) is 9.59 Å². The van der Waals surface area contributed by atoms with Crippen LogP contribution < -0.4 is 5.56 Å². The number of hydrogen-bond acceptors (Lipinski definition) is 4. The van der Waals surface area contributed by atoms with Crippen LogP contribution in [0.25, 0.3) is 10.9 Å². The highest BCUT2D eigenvalue weighted by molar-refractivity contribution is 5.79. The maximum Gasteiger partial charge on any atom is 0.261 e. The molecule has 6 heteroatoms. The minimum absolute atomic E-state index is 0.0431. The number of nitrogens with zero attached hydrogens (tertiary/aromatic N) is 4. The lowest BCUT2D eigenvalue weighted by Crippen LogP contribution is -2.47. The standard InChI is InChI=1S/C22H28N4O2/c27-21(14-26-15-23-20-7-2-1-6-19(20)22(26)28)25-12-17-8-9-18(13-25)24(11-17)10-16-4-3-5-16/h1-2,6-7,15-18H,3-5,8-14H2/t17-,18-/m0/s1. The highest BCUT2D eigenvalue weighted by atomic mass is 16.2. The van der Waals surface area contributed by atoms with Crippen LogP contribution in [0.5, 0.6) is 0 Å². The fraction of sp³-hybridized carbons (Fsp3) is 0.591. The van der Waals surface area contributed by atoms with Gasteiger partial charge < -0.3 is 4.90 Å². The van der Waals surface area contributed by atoms with Crippen molar-refractivity contribution in [2.45, 2.75) is 44.7 Å². The molecule has 6 rings (SSSR count). The highest BCUT2D eigenvalue weighted by Gasteiger charge is 2.37. The first kappa shape index (κ1) is 17.9. The molecule has 3 saturated heterocycles. The van der Waals surface area contributed by atoms with E-state index in [2.05, 4.69) is 9.88 Å². The van der Waals surface area contributed by atoms with E-state index in [-0.39, 0.29) is 18.0 Å². The molecule has 4 aliphatic rings. The van der Waals surface area contributed by atoms with E-state index in [1.54, 1.807) is 6.07 Å². The molecule has 2 bridgehead atoms. The summed E-state index contributed by atoms with van der Waals surface area (Å²) < 4.78 is 1.46. The molecule has 1 aromatic carbocycles. The van der Waals surface area contributed by atoms with Crippen molar-refractivity contribution >= 4 is 16.8 Å². The van der Waals surface area contributed by atoms with E-state index in [1.807, 2.05) is 23.1 Å². The van der Waals surface area contributed by atoms with Gasteiger partial charge in [-0.25, -0.2) is 4.98 Å². The lowest BCUT2D eigenvalue weighted by Gasteiger charge is -2.40. The minimum Gasteiger partial charge on any atom is -0.339 e. The van der Waals surface area contributed by atoms with Crippen molar-refractivity contribution in [2.24, 2.45) is 11.8 Å². The van der Waals surface area contributed by atoms with Gasteiger partial charge in [-0.2, -0.15) is 0 Å². The molecule has 0 radical (unpaired) electrons. The fourth-order valence-corrected chi connectivity index (χ4v) is 5.08. The van der Waals surface area contributed by atoms with Crippen LogP contribution in [-0.4, -0.2) is 57.5 Å². The zero-order chi connectivity index (χ0) is 19.1. The van der Waals surface area contributed by atoms with Gasteiger partial charge in [-0.1, -0.05) is 18.6 Å². The van der Waals surface area contributed by atoms with Gasteiger partial charge >= 0.3 is 0 Å². The summed E-state index contributed by atoms with van der Waals surface area (Å²) in [6, 6.07) is 7.78. The first-order chi connectivity index (χ1) is 13.7. The van der Waals surface area contributed by atoms with Gasteiger partial charge in [0.25, 0.3) is 5.56 Å². The van der Waals surface area contributed by atoms with Crippen LogP contribution in [0.2, 0.25) is 0 Å². The number of amides is 1. The summed E-state index contributed by atoms with van der Waals surface area (Å²) >= 11 is 0. The number of benzene rings is 1. The Balaban J connectivity index is 1.30. The van der Waals surface area contributed by atoms with E-state index in [1.165, 1.54) is 49.5 Å². The van der Waals surface area contributed by atoms with Crippen molar-refractivity contribution in [1.29, 1.82) is 0 Å². The van der Waals surface area contributed by atoms with Crippen LogP contribution in [0.3, 0.4) is 0 Å². The second kappa shape index (κ2) is 7.32. The number of hydrogen-bond donors (Lipinski definition) is 0. The average molecular weight is 380 g/mol. The van der Waals surface area contributed by atoms with Gasteiger partial charge in [0.2, 0.25) is 5.91 Å². The maximum absolute atomic E-state index is 13.0. The fourth-order valence-electron chi connectivity index (χ4n) is 5.08. The Hall–Kier alpha value is -2.21. The van der Waals surface area contributed by atoms with E-state index in [4.69, 9.17) is 0 Å². The molecule has 0 spiro atoms. The number of carbonyl (C=O) groups excluding carboxylic acids is 1. The molecule has 2 aromatic rings. The van der Waals surface area contributed by atoms with Gasteiger partial charge in [-0.05, 0) is 49.7 Å². The SMILES string of the molecule is O=C(Cn1cnc2ccccc2c1=O)N1C[C@H]2CC[C@@H](C1)N(CC1CCC1)C2. The van der Waals surface area contributed by atoms with E-state index >= 15 is 0 Å². The van der Waals surface area contributed by atoms with E-state index in [0.29, 0.717) is 22.9 Å². The molecule has 2 atom stereocenters. The maximum atomic E-state index is 13.0. The van der Waals surface area contributed by atoms with Crippen molar-refractivity contribution in [3.05, 3.63) is 40.9 Å². The third-order valence-electron chi connectivity index (χ3n) is 6.93. The van der Waals surface area contributed by atoms with Crippen LogP contribution >= 0.6 is 0 Å². The number of piperidine rings is 1. The molecular formula is C22H28N4O2. The Kier molecular flexibility index (Phi) is 4.67. The molecule has 6 nitrogen and oxygen atoms in total. The predicted octanol–water partition coefficient (Wildman–Crippen LogP) is 2.12. The quantitative estimate of drug-likeness (QED) is 0.815. The number of carbonyl (C=O) groups is 1. The molecule has 0 unspecified atom stereocenters. The second-order valence-electron chi connectivity index (χ2n) is 8.84. The summed E-state index contributed by atoms with van der Waals surface area (Å²) in [6.07, 6.45) is 8.04. The Bertz CT molecular complexity index is 936. The third-order valence-corrected chi connectivity index (χ3v) is 6.93. The van der Waals surface area contributed by atoms with Gasteiger partial charge in [-0.15, -0.1) is 0 Å². The lowest BCUT2D eigenvalue weighted by molar-refractivity contribution is -0.132. The second-order valence-corrected chi connectivity index (χ2v) is 8.84. The molecule has 3 aliphatic heterocycles. The molecule has 0 N–H and O–H groups in total. The van der Waals surface area contributed by atoms with E-state index in [0.717, 1.165) is 25.6 Å². The predicted molar refractivity (Wildman–Crippen MR) is 108 cm³/mol. The Labute approximate surface area is 165 Å². The molecule has 4 fully saturated rings. The van der Waals surface area contributed by atoms with E-state index < -0.39 is 0 Å². The first-order valence-electron chi connectivity index (χ1n) is 10.6. The monoisotopic (exact) mass is 380 g/mol. The van der Waals surface area contributed by atoms with Crippen molar-refractivity contribution in [1.82, 2.24) is 19.4 Å². The summed E-state index contributed by atoms with van der Waals surface area (Å²) in [5.74, 6) is 1.47. The third kappa shape index (κ3) is 3.34. The summed E-state index contributed by atoms with van der Waals surface area (Å²) in [5, 5.41) is 0.570. The smallest absolute Gasteiger partial charge is 0.261 e. The van der Waals surface area contributed by atoms with Crippen LogP contribution in [0.1, 0.15) is 32.1 Å². The number of aromatic nitrogens is 2. The van der Waals surface area contributed by atoms with Crippen LogP contribution in [0, 0.1) is 11.8 Å². The summed E-state index contributed by atoms with van der Waals surface area (Å²) in [6.45, 7) is 4.04. The van der Waals surface area contributed by atoms with Gasteiger partial charge in [-0.3, -0.25) is 19.1 Å². The molecule has 1 saturated carbocycles. The van der Waals surface area contributed by atoms with Crippen LogP contribution in [-0.2, 0) is 11.3 Å².